The highest BCUT2D eigenvalue weighted by molar-refractivity contribution is 6.06. The van der Waals surface area contributed by atoms with Crippen molar-refractivity contribution in [2.45, 2.75) is 25.9 Å². The van der Waals surface area contributed by atoms with Gasteiger partial charge < -0.3 is 24.6 Å². The lowest BCUT2D eigenvalue weighted by atomic mass is 10.0. The number of imide groups is 1. The largest absolute Gasteiger partial charge is 0.454 e. The molecule has 0 aromatic heterocycles. The van der Waals surface area contributed by atoms with Gasteiger partial charge in [-0.15, -0.1) is 0 Å². The lowest BCUT2D eigenvalue weighted by Gasteiger charge is -2.43. The fourth-order valence-corrected chi connectivity index (χ4v) is 3.96. The molecule has 2 unspecified atom stereocenters. The third-order valence-corrected chi connectivity index (χ3v) is 5.50. The Morgan fingerprint density at radius 2 is 1.97 bits per heavy atom. The number of amides is 4. The van der Waals surface area contributed by atoms with Crippen LogP contribution < -0.4 is 14.8 Å². The molecule has 3 aliphatic heterocycles. The fourth-order valence-electron chi connectivity index (χ4n) is 3.96. The number of nitrogens with zero attached hydrogens (tertiary/aromatic N) is 3. The normalized spacial score (nSPS) is 22.7. The summed E-state index contributed by atoms with van der Waals surface area (Å²) in [6, 6.07) is 4.80. The van der Waals surface area contributed by atoms with E-state index in [0.29, 0.717) is 29.4 Å². The van der Waals surface area contributed by atoms with Crippen molar-refractivity contribution in [3.05, 3.63) is 30.0 Å². The van der Waals surface area contributed by atoms with Crippen LogP contribution in [0.1, 0.15) is 19.8 Å². The molecule has 154 valence electrons. The van der Waals surface area contributed by atoms with Gasteiger partial charge in [0.1, 0.15) is 11.9 Å². The Kier molecular flexibility index (Phi) is 4.81. The highest BCUT2D eigenvalue weighted by Gasteiger charge is 2.50. The van der Waals surface area contributed by atoms with Crippen molar-refractivity contribution in [1.29, 1.82) is 0 Å². The van der Waals surface area contributed by atoms with E-state index in [9.17, 15) is 14.4 Å². The van der Waals surface area contributed by atoms with E-state index < -0.39 is 12.1 Å². The summed E-state index contributed by atoms with van der Waals surface area (Å²) in [5.41, 5.74) is 0.966. The van der Waals surface area contributed by atoms with Crippen LogP contribution >= 0.6 is 0 Å². The van der Waals surface area contributed by atoms with E-state index >= 15 is 0 Å². The van der Waals surface area contributed by atoms with Crippen LogP contribution in [0.3, 0.4) is 0 Å². The average Bonchev–Trinajstić information content (AvgIpc) is 3.33. The van der Waals surface area contributed by atoms with Gasteiger partial charge in [0.05, 0.1) is 5.92 Å². The third-order valence-electron chi connectivity index (χ3n) is 5.50. The van der Waals surface area contributed by atoms with Gasteiger partial charge in [-0.25, -0.2) is 4.79 Å². The number of rotatable bonds is 5. The van der Waals surface area contributed by atoms with Gasteiger partial charge in [-0.2, -0.15) is 0 Å². The van der Waals surface area contributed by atoms with Crippen molar-refractivity contribution in [3.63, 3.8) is 0 Å². The van der Waals surface area contributed by atoms with Crippen LogP contribution in [-0.4, -0.2) is 66.1 Å². The van der Waals surface area contributed by atoms with E-state index in [4.69, 9.17) is 9.47 Å². The van der Waals surface area contributed by atoms with Gasteiger partial charge in [-0.05, 0) is 24.6 Å². The number of fused-ring (bicyclic) bond motifs is 2. The maximum Gasteiger partial charge on any atom is 0.327 e. The molecule has 1 aromatic carbocycles. The molecule has 3 aliphatic rings. The van der Waals surface area contributed by atoms with Crippen LogP contribution in [0.2, 0.25) is 0 Å². The number of nitrogens with one attached hydrogen (secondary N) is 1. The molecule has 0 aliphatic carbocycles. The van der Waals surface area contributed by atoms with E-state index in [1.807, 2.05) is 4.90 Å². The second kappa shape index (κ2) is 7.31. The van der Waals surface area contributed by atoms with Crippen LogP contribution in [0, 0.1) is 5.92 Å². The Morgan fingerprint density at radius 1 is 1.21 bits per heavy atom. The van der Waals surface area contributed by atoms with Crippen molar-refractivity contribution in [2.75, 3.05) is 32.7 Å². The zero-order valence-corrected chi connectivity index (χ0v) is 16.7. The maximum atomic E-state index is 13.1. The first-order valence-corrected chi connectivity index (χ1v) is 9.66. The first-order valence-electron chi connectivity index (χ1n) is 9.66. The van der Waals surface area contributed by atoms with Crippen LogP contribution in [0.25, 0.3) is 0 Å². The molecule has 0 radical (unpaired) electrons. The van der Waals surface area contributed by atoms with Crippen molar-refractivity contribution in [1.82, 2.24) is 14.7 Å². The van der Waals surface area contributed by atoms with E-state index in [1.165, 1.54) is 11.9 Å². The number of urea groups is 1. The number of carbonyl (C=O) groups excluding carboxylic acids is 3. The summed E-state index contributed by atoms with van der Waals surface area (Å²) in [5, 5.41) is 2.87. The first-order chi connectivity index (χ1) is 13.9. The topological polar surface area (TPSA) is 91.4 Å². The lowest BCUT2D eigenvalue weighted by molar-refractivity contribution is -0.137. The molecular weight excluding hydrogens is 376 g/mol. The summed E-state index contributed by atoms with van der Waals surface area (Å²) >= 11 is 0. The Hall–Kier alpha value is -3.23. The van der Waals surface area contributed by atoms with E-state index in [2.05, 4.69) is 12.2 Å². The van der Waals surface area contributed by atoms with Crippen LogP contribution in [0.15, 0.2) is 30.0 Å². The third kappa shape index (κ3) is 3.16. The molecule has 3 heterocycles. The number of hydrogen-bond donors (Lipinski definition) is 1. The van der Waals surface area contributed by atoms with Gasteiger partial charge in [0.25, 0.3) is 5.91 Å². The lowest BCUT2D eigenvalue weighted by Crippen LogP contribution is -2.62. The van der Waals surface area contributed by atoms with E-state index in [1.54, 1.807) is 31.3 Å². The molecule has 1 fully saturated rings. The Labute approximate surface area is 168 Å². The van der Waals surface area contributed by atoms with Gasteiger partial charge in [0.15, 0.2) is 11.5 Å². The summed E-state index contributed by atoms with van der Waals surface area (Å²) in [6.07, 6.45) is 2.94. The fraction of sp³-hybridized carbons (Fsp3) is 0.450. The van der Waals surface area contributed by atoms with Crippen LogP contribution in [-0.2, 0) is 9.59 Å². The second-order valence-electron chi connectivity index (χ2n) is 7.35. The molecule has 1 N–H and O–H groups in total. The molecule has 0 bridgehead atoms. The van der Waals surface area contributed by atoms with Crippen molar-refractivity contribution >= 4 is 23.5 Å². The highest BCUT2D eigenvalue weighted by Crippen LogP contribution is 2.37. The molecule has 4 amide bonds. The zero-order chi connectivity index (χ0) is 20.7. The van der Waals surface area contributed by atoms with Gasteiger partial charge >= 0.3 is 6.03 Å². The summed E-state index contributed by atoms with van der Waals surface area (Å²) < 4.78 is 10.6. The Balaban J connectivity index is 1.60. The SMILES string of the molecule is CCCCN1C(C(=O)Nc2ccc3c(c2)OCO3)=CC2C(=O)N(C)C(=O)N(C)C21. The maximum absolute atomic E-state index is 13.1. The predicted octanol–water partition coefficient (Wildman–Crippen LogP) is 1.82. The van der Waals surface area contributed by atoms with E-state index in [-0.39, 0.29) is 24.6 Å². The number of benzene rings is 1. The minimum absolute atomic E-state index is 0.155. The molecule has 0 spiro atoms. The molecule has 1 saturated heterocycles. The summed E-state index contributed by atoms with van der Waals surface area (Å²) in [4.78, 5) is 42.7. The number of hydrogen-bond acceptors (Lipinski definition) is 6. The number of unbranched alkanes of at least 4 members (excludes halogenated alkanes) is 1. The number of ether oxygens (including phenoxy) is 2. The molecular formula is C20H24N4O5. The highest BCUT2D eigenvalue weighted by atomic mass is 16.7. The van der Waals surface area contributed by atoms with Crippen LogP contribution in [0.4, 0.5) is 10.5 Å². The van der Waals surface area contributed by atoms with Gasteiger partial charge in [-0.1, -0.05) is 13.3 Å². The second-order valence-corrected chi connectivity index (χ2v) is 7.35. The van der Waals surface area contributed by atoms with Gasteiger partial charge in [0, 0.05) is 32.4 Å². The number of carbonyl (C=O) groups is 3. The standard InChI is InChI=1S/C20H24N4O5/c1-4-5-8-24-14(10-13-18(24)22(2)20(27)23(3)19(13)26)17(25)21-12-6-7-15-16(9-12)29-11-28-15/h6-7,9-10,13,18H,4-5,8,11H2,1-3H3,(H,21,25). The van der Waals surface area contributed by atoms with Crippen LogP contribution in [0.5, 0.6) is 11.5 Å². The van der Waals surface area contributed by atoms with Gasteiger partial charge in [0.2, 0.25) is 12.7 Å². The van der Waals surface area contributed by atoms with Crippen molar-refractivity contribution in [2.24, 2.45) is 5.92 Å². The summed E-state index contributed by atoms with van der Waals surface area (Å²) in [6.45, 7) is 2.78. The summed E-state index contributed by atoms with van der Waals surface area (Å²) in [5.74, 6) is 0.00231. The molecule has 9 nitrogen and oxygen atoms in total. The minimum Gasteiger partial charge on any atom is -0.454 e. The summed E-state index contributed by atoms with van der Waals surface area (Å²) in [7, 11) is 3.13. The number of anilines is 1. The molecule has 0 saturated carbocycles. The Morgan fingerprint density at radius 3 is 2.72 bits per heavy atom. The van der Waals surface area contributed by atoms with E-state index in [0.717, 1.165) is 17.7 Å². The van der Waals surface area contributed by atoms with Gasteiger partial charge in [-0.3, -0.25) is 14.5 Å². The Bertz CT molecular complexity index is 899. The van der Waals surface area contributed by atoms with Crippen molar-refractivity contribution < 1.29 is 23.9 Å². The molecule has 9 heteroatoms. The molecule has 29 heavy (non-hydrogen) atoms. The monoisotopic (exact) mass is 400 g/mol. The first kappa shape index (κ1) is 19.1. The predicted molar refractivity (Wildman–Crippen MR) is 104 cm³/mol. The average molecular weight is 400 g/mol. The van der Waals surface area contributed by atoms with Crippen molar-refractivity contribution in [3.8, 4) is 11.5 Å². The molecule has 2 atom stereocenters. The quantitative estimate of drug-likeness (QED) is 0.811. The zero-order valence-electron chi connectivity index (χ0n) is 16.7. The minimum atomic E-state index is -0.572. The molecule has 4 rings (SSSR count). The molecule has 1 aromatic rings. The smallest absolute Gasteiger partial charge is 0.327 e.